The van der Waals surface area contributed by atoms with E-state index in [1.807, 2.05) is 0 Å². The molecule has 20 heavy (non-hydrogen) atoms. The number of benzene rings is 1. The normalized spacial score (nSPS) is 15.1. The highest BCUT2D eigenvalue weighted by Gasteiger charge is 2.26. The fraction of sp³-hybridized carbons (Fsp3) is 0.455. The van der Waals surface area contributed by atoms with Gasteiger partial charge in [-0.2, -0.15) is 0 Å². The molecule has 1 aromatic carbocycles. The number of nitrogens with zero attached hydrogens (tertiary/aromatic N) is 1. The molecule has 0 aromatic heterocycles. The molecule has 0 saturated heterocycles. The highest BCUT2D eigenvalue weighted by Crippen LogP contribution is 2.34. The summed E-state index contributed by atoms with van der Waals surface area (Å²) in [5.41, 5.74) is -0.693. The molecule has 0 radical (unpaired) electrons. The van der Waals surface area contributed by atoms with Gasteiger partial charge in [0.1, 0.15) is 4.90 Å². The molecule has 110 valence electrons. The van der Waals surface area contributed by atoms with Crippen molar-refractivity contribution in [3.63, 3.8) is 0 Å². The number of nitrogens with two attached hydrogens (primary N) is 1. The van der Waals surface area contributed by atoms with E-state index in [9.17, 15) is 22.9 Å². The van der Waals surface area contributed by atoms with Gasteiger partial charge in [0.15, 0.2) is 11.6 Å². The molecule has 1 saturated carbocycles. The van der Waals surface area contributed by atoms with Crippen LogP contribution in [0.4, 0.5) is 10.1 Å². The second kappa shape index (κ2) is 5.33. The van der Waals surface area contributed by atoms with Gasteiger partial charge in [-0.15, -0.1) is 0 Å². The van der Waals surface area contributed by atoms with E-state index in [1.54, 1.807) is 0 Å². The molecule has 0 unspecified atom stereocenters. The lowest BCUT2D eigenvalue weighted by molar-refractivity contribution is -0.385. The average molecular weight is 304 g/mol. The number of rotatable bonds is 6. The van der Waals surface area contributed by atoms with Gasteiger partial charge in [-0.3, -0.25) is 10.1 Å². The third kappa shape index (κ3) is 3.42. The number of ether oxygens (including phenoxy) is 1. The summed E-state index contributed by atoms with van der Waals surface area (Å²) in [7, 11) is -4.32. The smallest absolute Gasteiger partial charge is 0.274 e. The summed E-state index contributed by atoms with van der Waals surface area (Å²) in [6.45, 7) is 0.141. The number of non-ortho nitro benzene ring substituents is 1. The van der Waals surface area contributed by atoms with Gasteiger partial charge in [0.25, 0.3) is 5.69 Å². The second-order valence-electron chi connectivity index (χ2n) is 4.64. The van der Waals surface area contributed by atoms with Crippen LogP contribution < -0.4 is 9.88 Å². The quantitative estimate of drug-likeness (QED) is 0.633. The van der Waals surface area contributed by atoms with Crippen LogP contribution in [-0.2, 0) is 10.0 Å². The maximum Gasteiger partial charge on any atom is 0.274 e. The molecule has 1 aliphatic carbocycles. The van der Waals surface area contributed by atoms with E-state index in [0.29, 0.717) is 24.5 Å². The first kappa shape index (κ1) is 14.7. The van der Waals surface area contributed by atoms with Gasteiger partial charge >= 0.3 is 0 Å². The molecule has 0 amide bonds. The molecule has 2 N–H and O–H groups in total. The van der Waals surface area contributed by atoms with Gasteiger partial charge in [0.05, 0.1) is 17.6 Å². The zero-order valence-corrected chi connectivity index (χ0v) is 11.2. The van der Waals surface area contributed by atoms with Crippen LogP contribution in [-0.4, -0.2) is 19.9 Å². The first-order valence-electron chi connectivity index (χ1n) is 5.92. The molecule has 0 bridgehead atoms. The number of nitro benzene ring substituents is 1. The molecule has 1 fully saturated rings. The Hall–Kier alpha value is -1.74. The molecule has 9 heteroatoms. The Morgan fingerprint density at radius 2 is 2.10 bits per heavy atom. The SMILES string of the molecule is NS(=O)(=O)c1cc([N+](=O)[O-])cc(F)c1OCCC1CC1. The van der Waals surface area contributed by atoms with E-state index in [-0.39, 0.29) is 6.61 Å². The van der Waals surface area contributed by atoms with Gasteiger partial charge < -0.3 is 4.74 Å². The minimum absolute atomic E-state index is 0.141. The molecular weight excluding hydrogens is 291 g/mol. The molecule has 1 aromatic rings. The Balaban J connectivity index is 2.34. The van der Waals surface area contributed by atoms with E-state index in [4.69, 9.17) is 9.88 Å². The third-order valence-corrected chi connectivity index (χ3v) is 3.90. The Kier molecular flexibility index (Phi) is 3.91. The summed E-state index contributed by atoms with van der Waals surface area (Å²) in [5, 5.41) is 15.6. The van der Waals surface area contributed by atoms with Crippen LogP contribution in [0.5, 0.6) is 5.75 Å². The fourth-order valence-electron chi connectivity index (χ4n) is 1.75. The van der Waals surface area contributed by atoms with Crippen molar-refractivity contribution in [3.05, 3.63) is 28.1 Å². The minimum Gasteiger partial charge on any atom is -0.489 e. The molecule has 0 atom stereocenters. The standard InChI is InChI=1S/C11H13FN2O5S/c12-9-5-8(14(15)16)6-10(20(13,17)18)11(9)19-4-3-7-1-2-7/h5-7H,1-4H2,(H2,13,17,18). The van der Waals surface area contributed by atoms with Crippen LogP contribution in [0.3, 0.4) is 0 Å². The molecule has 0 heterocycles. The maximum atomic E-state index is 13.8. The van der Waals surface area contributed by atoms with Crippen LogP contribution in [0.15, 0.2) is 17.0 Å². The van der Waals surface area contributed by atoms with Crippen LogP contribution in [0, 0.1) is 21.8 Å². The summed E-state index contributed by atoms with van der Waals surface area (Å²) < 4.78 is 41.7. The lowest BCUT2D eigenvalue weighted by Gasteiger charge is -2.11. The fourth-order valence-corrected chi connectivity index (χ4v) is 2.45. The largest absolute Gasteiger partial charge is 0.489 e. The Labute approximate surface area is 114 Å². The number of nitro groups is 1. The zero-order chi connectivity index (χ0) is 14.9. The van der Waals surface area contributed by atoms with Crippen molar-refractivity contribution in [1.29, 1.82) is 0 Å². The van der Waals surface area contributed by atoms with Crippen molar-refractivity contribution in [2.75, 3.05) is 6.61 Å². The number of sulfonamides is 1. The highest BCUT2D eigenvalue weighted by molar-refractivity contribution is 7.89. The topological polar surface area (TPSA) is 113 Å². The first-order chi connectivity index (χ1) is 9.29. The molecule has 0 aliphatic heterocycles. The molecule has 2 rings (SSSR count). The van der Waals surface area contributed by atoms with Crippen molar-refractivity contribution >= 4 is 15.7 Å². The van der Waals surface area contributed by atoms with Gasteiger partial charge in [-0.05, 0) is 12.3 Å². The number of hydrogen-bond acceptors (Lipinski definition) is 5. The summed E-state index contributed by atoms with van der Waals surface area (Å²) in [6.07, 6.45) is 2.84. The van der Waals surface area contributed by atoms with Crippen LogP contribution in [0.2, 0.25) is 0 Å². The Bertz CT molecular complexity index is 642. The van der Waals surface area contributed by atoms with Crippen LogP contribution >= 0.6 is 0 Å². The van der Waals surface area contributed by atoms with Gasteiger partial charge in [0.2, 0.25) is 10.0 Å². The highest BCUT2D eigenvalue weighted by atomic mass is 32.2. The summed E-state index contributed by atoms with van der Waals surface area (Å²) in [5.74, 6) is -1.15. The van der Waals surface area contributed by atoms with E-state index < -0.39 is 37.1 Å². The van der Waals surface area contributed by atoms with E-state index >= 15 is 0 Å². The molecular formula is C11H13FN2O5S. The lowest BCUT2D eigenvalue weighted by Crippen LogP contribution is -2.15. The van der Waals surface area contributed by atoms with E-state index in [0.717, 1.165) is 12.8 Å². The van der Waals surface area contributed by atoms with Crippen LogP contribution in [0.1, 0.15) is 19.3 Å². The number of halogens is 1. The average Bonchev–Trinajstić information content (AvgIpc) is 3.13. The van der Waals surface area contributed by atoms with E-state index in [2.05, 4.69) is 0 Å². The first-order valence-corrected chi connectivity index (χ1v) is 7.47. The summed E-state index contributed by atoms with van der Waals surface area (Å²) in [6, 6.07) is 1.31. The monoisotopic (exact) mass is 304 g/mol. The van der Waals surface area contributed by atoms with Crippen molar-refractivity contribution in [1.82, 2.24) is 0 Å². The van der Waals surface area contributed by atoms with Crippen molar-refractivity contribution < 1.29 is 22.5 Å². The zero-order valence-electron chi connectivity index (χ0n) is 10.4. The van der Waals surface area contributed by atoms with Gasteiger partial charge in [0, 0.05) is 6.07 Å². The van der Waals surface area contributed by atoms with Gasteiger partial charge in [-0.25, -0.2) is 17.9 Å². The number of primary sulfonamides is 1. The maximum absolute atomic E-state index is 13.8. The van der Waals surface area contributed by atoms with Crippen LogP contribution in [0.25, 0.3) is 0 Å². The lowest BCUT2D eigenvalue weighted by atomic mass is 10.3. The molecule has 1 aliphatic rings. The predicted molar refractivity (Wildman–Crippen MR) is 67.3 cm³/mol. The van der Waals surface area contributed by atoms with E-state index in [1.165, 1.54) is 0 Å². The Morgan fingerprint density at radius 3 is 2.60 bits per heavy atom. The third-order valence-electron chi connectivity index (χ3n) is 2.98. The predicted octanol–water partition coefficient (Wildman–Crippen LogP) is 1.56. The number of hydrogen-bond donors (Lipinski definition) is 1. The summed E-state index contributed by atoms with van der Waals surface area (Å²) >= 11 is 0. The second-order valence-corrected chi connectivity index (χ2v) is 6.17. The minimum atomic E-state index is -4.32. The van der Waals surface area contributed by atoms with Crippen molar-refractivity contribution in [3.8, 4) is 5.75 Å². The Morgan fingerprint density at radius 1 is 1.45 bits per heavy atom. The van der Waals surface area contributed by atoms with Crippen molar-refractivity contribution in [2.45, 2.75) is 24.2 Å². The van der Waals surface area contributed by atoms with Crippen molar-refractivity contribution in [2.24, 2.45) is 11.1 Å². The molecule has 7 nitrogen and oxygen atoms in total. The van der Waals surface area contributed by atoms with Gasteiger partial charge in [-0.1, -0.05) is 12.8 Å². The summed E-state index contributed by atoms with van der Waals surface area (Å²) in [4.78, 5) is 9.01. The molecule has 0 spiro atoms.